The highest BCUT2D eigenvalue weighted by Gasteiger charge is 2.14. The van der Waals surface area contributed by atoms with Gasteiger partial charge in [-0.15, -0.1) is 12.4 Å². The van der Waals surface area contributed by atoms with Gasteiger partial charge in [0, 0.05) is 17.7 Å². The van der Waals surface area contributed by atoms with E-state index in [4.69, 9.17) is 11.1 Å². The number of rotatable bonds is 6. The SMILES string of the molecule is COC(=O)CCc1ccc(-n2c(C)c(-c3ccc(C(=N)N)cc3)[nH]c2=O)cc1.Cl. The van der Waals surface area contributed by atoms with E-state index >= 15 is 0 Å². The molecule has 0 atom stereocenters. The second-order valence-corrected chi connectivity index (χ2v) is 6.46. The molecule has 0 aliphatic heterocycles. The fourth-order valence-corrected chi connectivity index (χ4v) is 3.09. The number of hydrogen-bond donors (Lipinski definition) is 3. The molecule has 2 aromatic carbocycles. The topological polar surface area (TPSA) is 114 Å². The molecule has 0 saturated heterocycles. The van der Waals surface area contributed by atoms with E-state index in [9.17, 15) is 9.59 Å². The normalized spacial score (nSPS) is 10.3. The molecule has 8 heteroatoms. The predicted octanol–water partition coefficient (Wildman–Crippen LogP) is 2.95. The van der Waals surface area contributed by atoms with Crippen LogP contribution in [0, 0.1) is 12.3 Å². The van der Waals surface area contributed by atoms with Crippen LogP contribution in [0.15, 0.2) is 53.3 Å². The number of aromatic nitrogens is 2. The lowest BCUT2D eigenvalue weighted by Crippen LogP contribution is -2.15. The molecule has 0 saturated carbocycles. The summed E-state index contributed by atoms with van der Waals surface area (Å²) in [5, 5.41) is 7.48. The smallest absolute Gasteiger partial charge is 0.330 e. The van der Waals surface area contributed by atoms with E-state index in [1.807, 2.05) is 43.3 Å². The molecule has 3 aromatic rings. The zero-order chi connectivity index (χ0) is 20.3. The molecular weight excluding hydrogens is 392 g/mol. The highest BCUT2D eigenvalue weighted by atomic mass is 35.5. The Labute approximate surface area is 174 Å². The van der Waals surface area contributed by atoms with E-state index in [-0.39, 0.29) is 29.9 Å². The molecule has 152 valence electrons. The van der Waals surface area contributed by atoms with Gasteiger partial charge in [-0.1, -0.05) is 36.4 Å². The van der Waals surface area contributed by atoms with Gasteiger partial charge < -0.3 is 15.5 Å². The number of amidine groups is 1. The summed E-state index contributed by atoms with van der Waals surface area (Å²) < 4.78 is 6.26. The summed E-state index contributed by atoms with van der Waals surface area (Å²) in [6, 6.07) is 14.7. The van der Waals surface area contributed by atoms with Crippen molar-refractivity contribution < 1.29 is 9.53 Å². The molecule has 1 aromatic heterocycles. The van der Waals surface area contributed by atoms with Crippen molar-refractivity contribution in [3.05, 3.63) is 75.8 Å². The Bertz CT molecular complexity index is 1070. The number of H-pyrrole nitrogens is 1. The lowest BCUT2D eigenvalue weighted by Gasteiger charge is -2.07. The van der Waals surface area contributed by atoms with Gasteiger partial charge in [0.1, 0.15) is 5.84 Å². The number of nitrogen functional groups attached to an aromatic ring is 1. The number of carbonyl (C=O) groups is 1. The van der Waals surface area contributed by atoms with E-state index in [1.54, 1.807) is 16.7 Å². The lowest BCUT2D eigenvalue weighted by molar-refractivity contribution is -0.140. The highest BCUT2D eigenvalue weighted by Crippen LogP contribution is 2.23. The number of methoxy groups -OCH3 is 1. The number of imidazole rings is 1. The van der Waals surface area contributed by atoms with Crippen molar-refractivity contribution in [1.82, 2.24) is 9.55 Å². The number of carbonyl (C=O) groups excluding carboxylic acids is 1. The van der Waals surface area contributed by atoms with Crippen LogP contribution < -0.4 is 11.4 Å². The van der Waals surface area contributed by atoms with Crippen LogP contribution in [0.1, 0.15) is 23.2 Å². The van der Waals surface area contributed by atoms with E-state index in [1.165, 1.54) is 7.11 Å². The zero-order valence-electron chi connectivity index (χ0n) is 16.2. The van der Waals surface area contributed by atoms with Crippen molar-refractivity contribution in [2.75, 3.05) is 7.11 Å². The monoisotopic (exact) mass is 414 g/mol. The number of hydrogen-bond acceptors (Lipinski definition) is 4. The molecule has 4 N–H and O–H groups in total. The van der Waals surface area contributed by atoms with Gasteiger partial charge in [0.15, 0.2) is 0 Å². The van der Waals surface area contributed by atoms with Gasteiger partial charge in [-0.25, -0.2) is 4.79 Å². The molecule has 0 bridgehead atoms. The van der Waals surface area contributed by atoms with Crippen molar-refractivity contribution in [2.45, 2.75) is 19.8 Å². The molecule has 0 fully saturated rings. The van der Waals surface area contributed by atoms with Gasteiger partial charge >= 0.3 is 11.7 Å². The Hall–Kier alpha value is -3.32. The van der Waals surface area contributed by atoms with Crippen molar-refractivity contribution >= 4 is 24.2 Å². The summed E-state index contributed by atoms with van der Waals surface area (Å²) in [6.45, 7) is 1.87. The first-order valence-corrected chi connectivity index (χ1v) is 8.83. The van der Waals surface area contributed by atoms with Crippen LogP contribution in [0.3, 0.4) is 0 Å². The third kappa shape index (κ3) is 4.75. The molecular formula is C21H23ClN4O3. The number of halogens is 1. The quantitative estimate of drug-likeness (QED) is 0.327. The first-order valence-electron chi connectivity index (χ1n) is 8.83. The van der Waals surface area contributed by atoms with Crippen molar-refractivity contribution in [1.29, 1.82) is 5.41 Å². The van der Waals surface area contributed by atoms with Gasteiger partial charge in [-0.05, 0) is 36.6 Å². The maximum atomic E-state index is 12.5. The summed E-state index contributed by atoms with van der Waals surface area (Å²) in [4.78, 5) is 26.7. The largest absolute Gasteiger partial charge is 0.469 e. The number of aromatic amines is 1. The van der Waals surface area contributed by atoms with Crippen molar-refractivity contribution in [3.8, 4) is 16.9 Å². The Kier molecular flexibility index (Phi) is 7.01. The van der Waals surface area contributed by atoms with E-state index < -0.39 is 0 Å². The number of esters is 1. The number of ether oxygens (including phenoxy) is 1. The standard InChI is InChI=1S/C21H22N4O3.ClH/c1-13-19(15-6-8-16(9-7-15)20(22)23)24-21(27)25(13)17-10-3-14(4-11-17)5-12-18(26)28-2;/h3-4,6-11H,5,12H2,1-2H3,(H3,22,23)(H,24,27);1H. The second-order valence-electron chi connectivity index (χ2n) is 6.46. The first-order chi connectivity index (χ1) is 13.4. The second kappa shape index (κ2) is 9.25. The van der Waals surface area contributed by atoms with Crippen LogP contribution in [0.4, 0.5) is 0 Å². The highest BCUT2D eigenvalue weighted by molar-refractivity contribution is 5.95. The zero-order valence-corrected chi connectivity index (χ0v) is 17.0. The summed E-state index contributed by atoms with van der Waals surface area (Å²) >= 11 is 0. The maximum absolute atomic E-state index is 12.5. The average molecular weight is 415 g/mol. The molecule has 3 rings (SSSR count). The first kappa shape index (κ1) is 22.0. The minimum atomic E-state index is -0.248. The summed E-state index contributed by atoms with van der Waals surface area (Å²) in [6.07, 6.45) is 0.904. The van der Waals surface area contributed by atoms with Crippen LogP contribution in [0.5, 0.6) is 0 Å². The minimum absolute atomic E-state index is 0. The van der Waals surface area contributed by atoms with Gasteiger partial charge in [-0.3, -0.25) is 14.8 Å². The molecule has 7 nitrogen and oxygen atoms in total. The summed E-state index contributed by atoms with van der Waals surface area (Å²) in [7, 11) is 1.37. The third-order valence-electron chi connectivity index (χ3n) is 4.66. The fraction of sp³-hybridized carbons (Fsp3) is 0.190. The molecule has 0 aliphatic carbocycles. The van der Waals surface area contributed by atoms with E-state index in [2.05, 4.69) is 9.72 Å². The van der Waals surface area contributed by atoms with E-state index in [0.717, 1.165) is 28.2 Å². The van der Waals surface area contributed by atoms with Crippen LogP contribution in [-0.4, -0.2) is 28.5 Å². The van der Waals surface area contributed by atoms with Crippen molar-refractivity contribution in [2.24, 2.45) is 5.73 Å². The lowest BCUT2D eigenvalue weighted by atomic mass is 10.1. The average Bonchev–Trinajstić information content (AvgIpc) is 3.00. The summed E-state index contributed by atoms with van der Waals surface area (Å²) in [5.74, 6) is -0.246. The number of benzene rings is 2. The number of aryl methyl sites for hydroxylation is 1. The fourth-order valence-electron chi connectivity index (χ4n) is 3.09. The minimum Gasteiger partial charge on any atom is -0.469 e. The molecule has 29 heavy (non-hydrogen) atoms. The Morgan fingerprint density at radius 2 is 1.76 bits per heavy atom. The Balaban J connectivity index is 0.00000300. The molecule has 0 radical (unpaired) electrons. The number of nitrogens with one attached hydrogen (secondary N) is 2. The van der Waals surface area contributed by atoms with Gasteiger partial charge in [0.05, 0.1) is 18.5 Å². The maximum Gasteiger partial charge on any atom is 0.330 e. The van der Waals surface area contributed by atoms with Crippen LogP contribution in [0.2, 0.25) is 0 Å². The summed E-state index contributed by atoms with van der Waals surface area (Å²) in [5.41, 5.74) is 9.97. The van der Waals surface area contributed by atoms with Crippen LogP contribution >= 0.6 is 12.4 Å². The predicted molar refractivity (Wildman–Crippen MR) is 115 cm³/mol. The van der Waals surface area contributed by atoms with E-state index in [0.29, 0.717) is 18.4 Å². The Morgan fingerprint density at radius 3 is 2.31 bits per heavy atom. The Morgan fingerprint density at radius 1 is 1.14 bits per heavy atom. The molecule has 0 aliphatic rings. The van der Waals surface area contributed by atoms with Gasteiger partial charge in [0.2, 0.25) is 0 Å². The van der Waals surface area contributed by atoms with Crippen LogP contribution in [0.25, 0.3) is 16.9 Å². The molecule has 1 heterocycles. The molecule has 0 amide bonds. The van der Waals surface area contributed by atoms with Crippen molar-refractivity contribution in [3.63, 3.8) is 0 Å². The van der Waals surface area contributed by atoms with Gasteiger partial charge in [-0.2, -0.15) is 0 Å². The number of nitrogens with zero attached hydrogens (tertiary/aromatic N) is 1. The van der Waals surface area contributed by atoms with Crippen LogP contribution in [-0.2, 0) is 16.0 Å². The molecule has 0 unspecified atom stereocenters. The molecule has 0 spiro atoms. The number of nitrogens with two attached hydrogens (primary N) is 1. The van der Waals surface area contributed by atoms with Gasteiger partial charge in [0.25, 0.3) is 0 Å². The third-order valence-corrected chi connectivity index (χ3v) is 4.66.